The van der Waals surface area contributed by atoms with Crippen molar-refractivity contribution in [2.75, 3.05) is 6.54 Å². The van der Waals surface area contributed by atoms with Crippen LogP contribution in [0, 0.1) is 0 Å². The van der Waals surface area contributed by atoms with Crippen molar-refractivity contribution < 1.29 is 4.79 Å². The van der Waals surface area contributed by atoms with Gasteiger partial charge in [-0.2, -0.15) is 0 Å². The monoisotopic (exact) mass is 294 g/mol. The molecule has 114 valence electrons. The first-order valence-electron chi connectivity index (χ1n) is 7.94. The van der Waals surface area contributed by atoms with Gasteiger partial charge in [-0.25, -0.2) is 0 Å². The van der Waals surface area contributed by atoms with E-state index >= 15 is 0 Å². The van der Waals surface area contributed by atoms with E-state index in [1.165, 1.54) is 16.7 Å². The van der Waals surface area contributed by atoms with Gasteiger partial charge in [0.1, 0.15) is 0 Å². The Bertz CT molecular complexity index is 652. The average Bonchev–Trinajstić information content (AvgIpc) is 2.56. The molecule has 1 aliphatic heterocycles. The lowest BCUT2D eigenvalue weighted by Gasteiger charge is -2.17. The van der Waals surface area contributed by atoms with E-state index in [1.54, 1.807) is 0 Å². The number of nitrogens with one attached hydrogen (secondary N) is 1. The van der Waals surface area contributed by atoms with E-state index < -0.39 is 0 Å². The molecule has 22 heavy (non-hydrogen) atoms. The average molecular weight is 294 g/mol. The SMILES string of the molecule is NC(CCCc1ccc2c(c1)CCNC2=O)c1ccccc1. The van der Waals surface area contributed by atoms with Crippen molar-refractivity contribution in [2.24, 2.45) is 5.73 Å². The molecule has 0 aliphatic carbocycles. The van der Waals surface area contributed by atoms with Gasteiger partial charge in [0.2, 0.25) is 0 Å². The van der Waals surface area contributed by atoms with Crippen LogP contribution in [-0.2, 0) is 12.8 Å². The Morgan fingerprint density at radius 3 is 2.77 bits per heavy atom. The maximum atomic E-state index is 11.7. The minimum atomic E-state index is 0.0545. The topological polar surface area (TPSA) is 55.1 Å². The zero-order chi connectivity index (χ0) is 15.4. The number of benzene rings is 2. The second-order valence-electron chi connectivity index (χ2n) is 5.91. The second-order valence-corrected chi connectivity index (χ2v) is 5.91. The summed E-state index contributed by atoms with van der Waals surface area (Å²) in [6, 6.07) is 16.6. The standard InChI is InChI=1S/C19H22N2O/c20-18(15-6-2-1-3-7-15)8-4-5-14-9-10-17-16(13-14)11-12-21-19(17)22/h1-3,6-7,9-10,13,18H,4-5,8,11-12,20H2,(H,21,22). The van der Waals surface area contributed by atoms with Crippen molar-refractivity contribution in [3.05, 3.63) is 70.8 Å². The highest BCUT2D eigenvalue weighted by Crippen LogP contribution is 2.20. The quantitative estimate of drug-likeness (QED) is 0.890. The largest absolute Gasteiger partial charge is 0.352 e. The fourth-order valence-corrected chi connectivity index (χ4v) is 3.03. The molecule has 1 atom stereocenters. The van der Waals surface area contributed by atoms with Gasteiger partial charge in [0.25, 0.3) is 5.91 Å². The molecule has 1 heterocycles. The highest BCUT2D eigenvalue weighted by atomic mass is 16.1. The molecule has 0 radical (unpaired) electrons. The number of hydrogen-bond acceptors (Lipinski definition) is 2. The third-order valence-electron chi connectivity index (χ3n) is 4.30. The fraction of sp³-hybridized carbons (Fsp3) is 0.316. The molecule has 0 saturated carbocycles. The molecule has 2 aromatic rings. The highest BCUT2D eigenvalue weighted by Gasteiger charge is 2.16. The van der Waals surface area contributed by atoms with Crippen molar-refractivity contribution in [1.82, 2.24) is 5.32 Å². The number of rotatable bonds is 5. The molecule has 0 aromatic heterocycles. The maximum absolute atomic E-state index is 11.7. The molecule has 1 unspecified atom stereocenters. The molecule has 3 rings (SSSR count). The zero-order valence-electron chi connectivity index (χ0n) is 12.7. The van der Waals surface area contributed by atoms with Crippen molar-refractivity contribution in [3.63, 3.8) is 0 Å². The first-order chi connectivity index (χ1) is 10.7. The molecule has 2 aromatic carbocycles. The Hall–Kier alpha value is -2.13. The van der Waals surface area contributed by atoms with Crippen LogP contribution in [0.25, 0.3) is 0 Å². The minimum Gasteiger partial charge on any atom is -0.352 e. The van der Waals surface area contributed by atoms with Gasteiger partial charge in [0.05, 0.1) is 0 Å². The van der Waals surface area contributed by atoms with E-state index in [9.17, 15) is 4.79 Å². The van der Waals surface area contributed by atoms with Crippen LogP contribution >= 0.6 is 0 Å². The van der Waals surface area contributed by atoms with Gasteiger partial charge in [-0.1, -0.05) is 42.5 Å². The molecule has 3 N–H and O–H groups in total. The van der Waals surface area contributed by atoms with Crippen LogP contribution < -0.4 is 11.1 Å². The summed E-state index contributed by atoms with van der Waals surface area (Å²) in [7, 11) is 0. The molecule has 0 saturated heterocycles. The van der Waals surface area contributed by atoms with Gasteiger partial charge < -0.3 is 11.1 Å². The third kappa shape index (κ3) is 3.37. The van der Waals surface area contributed by atoms with Gasteiger partial charge in [-0.15, -0.1) is 0 Å². The normalized spacial score (nSPS) is 15.0. The van der Waals surface area contributed by atoms with Crippen LogP contribution in [0.5, 0.6) is 0 Å². The number of aryl methyl sites for hydroxylation is 1. The van der Waals surface area contributed by atoms with E-state index in [1.807, 2.05) is 24.3 Å². The lowest BCUT2D eigenvalue weighted by molar-refractivity contribution is 0.0946. The first kappa shape index (κ1) is 14.8. The van der Waals surface area contributed by atoms with Gasteiger partial charge >= 0.3 is 0 Å². The number of nitrogens with two attached hydrogens (primary N) is 1. The Morgan fingerprint density at radius 2 is 1.95 bits per heavy atom. The van der Waals surface area contributed by atoms with Crippen molar-refractivity contribution in [2.45, 2.75) is 31.7 Å². The van der Waals surface area contributed by atoms with Gasteiger partial charge in [-0.05, 0) is 48.4 Å². The van der Waals surface area contributed by atoms with E-state index in [2.05, 4.69) is 29.6 Å². The molecule has 0 bridgehead atoms. The Kier molecular flexibility index (Phi) is 4.54. The Morgan fingerprint density at radius 1 is 1.14 bits per heavy atom. The predicted molar refractivity (Wildman–Crippen MR) is 88.8 cm³/mol. The smallest absolute Gasteiger partial charge is 0.251 e. The maximum Gasteiger partial charge on any atom is 0.251 e. The molecular formula is C19H22N2O. The van der Waals surface area contributed by atoms with E-state index in [-0.39, 0.29) is 11.9 Å². The van der Waals surface area contributed by atoms with Crippen LogP contribution in [0.15, 0.2) is 48.5 Å². The fourth-order valence-electron chi connectivity index (χ4n) is 3.03. The molecule has 1 aliphatic rings. The van der Waals surface area contributed by atoms with E-state index in [0.717, 1.165) is 37.8 Å². The molecule has 3 nitrogen and oxygen atoms in total. The zero-order valence-corrected chi connectivity index (χ0v) is 12.7. The van der Waals surface area contributed by atoms with E-state index in [0.29, 0.717) is 0 Å². The van der Waals surface area contributed by atoms with Crippen molar-refractivity contribution in [1.29, 1.82) is 0 Å². The summed E-state index contributed by atoms with van der Waals surface area (Å²) in [6.07, 6.45) is 3.97. The summed E-state index contributed by atoms with van der Waals surface area (Å²) in [5, 5.41) is 2.88. The lowest BCUT2D eigenvalue weighted by Crippen LogP contribution is -2.31. The number of hydrogen-bond donors (Lipinski definition) is 2. The summed E-state index contributed by atoms with van der Waals surface area (Å²) in [5.74, 6) is 0.0545. The number of fused-ring (bicyclic) bond motifs is 1. The van der Waals surface area contributed by atoms with Gasteiger partial charge in [-0.3, -0.25) is 4.79 Å². The minimum absolute atomic E-state index is 0.0545. The van der Waals surface area contributed by atoms with Crippen LogP contribution in [0.3, 0.4) is 0 Å². The van der Waals surface area contributed by atoms with Crippen molar-refractivity contribution >= 4 is 5.91 Å². The molecule has 0 spiro atoms. The molecular weight excluding hydrogens is 272 g/mol. The number of carbonyl (C=O) groups is 1. The van der Waals surface area contributed by atoms with Crippen LogP contribution in [-0.4, -0.2) is 12.5 Å². The summed E-state index contributed by atoms with van der Waals surface area (Å²) in [5.41, 5.74) is 10.7. The van der Waals surface area contributed by atoms with Crippen molar-refractivity contribution in [3.8, 4) is 0 Å². The first-order valence-corrected chi connectivity index (χ1v) is 7.94. The summed E-state index contributed by atoms with van der Waals surface area (Å²) in [4.78, 5) is 11.7. The van der Waals surface area contributed by atoms with Gasteiger partial charge in [0.15, 0.2) is 0 Å². The second kappa shape index (κ2) is 6.75. The third-order valence-corrected chi connectivity index (χ3v) is 4.30. The summed E-state index contributed by atoms with van der Waals surface area (Å²) < 4.78 is 0. The van der Waals surface area contributed by atoms with Crippen LogP contribution in [0.4, 0.5) is 0 Å². The summed E-state index contributed by atoms with van der Waals surface area (Å²) >= 11 is 0. The molecule has 1 amide bonds. The van der Waals surface area contributed by atoms with Gasteiger partial charge in [0, 0.05) is 18.2 Å². The predicted octanol–water partition coefficient (Wildman–Crippen LogP) is 3.00. The number of carbonyl (C=O) groups excluding carboxylic acids is 1. The Balaban J connectivity index is 1.57. The summed E-state index contributed by atoms with van der Waals surface area (Å²) in [6.45, 7) is 0.744. The molecule has 0 fully saturated rings. The Labute approximate surface area is 131 Å². The van der Waals surface area contributed by atoms with Crippen LogP contribution in [0.2, 0.25) is 0 Å². The molecule has 3 heteroatoms. The lowest BCUT2D eigenvalue weighted by atomic mass is 9.95. The number of amides is 1. The highest BCUT2D eigenvalue weighted by molar-refractivity contribution is 5.96. The van der Waals surface area contributed by atoms with Crippen LogP contribution in [0.1, 0.15) is 45.9 Å². The van der Waals surface area contributed by atoms with E-state index in [4.69, 9.17) is 5.73 Å².